The molecule has 4 rings (SSSR count). The number of ether oxygens (including phenoxy) is 1. The third-order valence-corrected chi connectivity index (χ3v) is 6.09. The van der Waals surface area contributed by atoms with E-state index in [9.17, 15) is 9.18 Å². The van der Waals surface area contributed by atoms with E-state index in [0.717, 1.165) is 24.3 Å². The van der Waals surface area contributed by atoms with E-state index in [1.54, 1.807) is 22.6 Å². The van der Waals surface area contributed by atoms with Gasteiger partial charge >= 0.3 is 0 Å². The standard InChI is InChI=1S/C21H24ClFN6O2S/c1-13(2)32-21-26-18(28-8-10-31-11-9-28)14-12-25-29(19(14)27-21)7-6-24-20(30)17-15(22)4-3-5-16(17)23/h3-5,12-13H,6-11H2,1-2H3,(H,24,30). The van der Waals surface area contributed by atoms with E-state index in [0.29, 0.717) is 35.8 Å². The molecular weight excluding hydrogens is 455 g/mol. The maximum atomic E-state index is 14.0. The smallest absolute Gasteiger partial charge is 0.255 e. The summed E-state index contributed by atoms with van der Waals surface area (Å²) in [6, 6.07) is 4.15. The first-order chi connectivity index (χ1) is 15.4. The Morgan fingerprint density at radius 3 is 2.81 bits per heavy atom. The molecule has 0 saturated carbocycles. The first-order valence-electron chi connectivity index (χ1n) is 10.4. The number of anilines is 1. The summed E-state index contributed by atoms with van der Waals surface area (Å²) in [6.07, 6.45) is 1.75. The highest BCUT2D eigenvalue weighted by molar-refractivity contribution is 7.99. The largest absolute Gasteiger partial charge is 0.378 e. The van der Waals surface area contributed by atoms with Gasteiger partial charge in [-0.25, -0.2) is 19.0 Å². The first-order valence-corrected chi connectivity index (χ1v) is 11.6. The van der Waals surface area contributed by atoms with Crippen LogP contribution in [0.1, 0.15) is 24.2 Å². The number of halogens is 2. The molecule has 1 saturated heterocycles. The van der Waals surface area contributed by atoms with Crippen molar-refractivity contribution in [1.82, 2.24) is 25.1 Å². The number of aromatic nitrogens is 4. The fourth-order valence-electron chi connectivity index (χ4n) is 3.44. The number of benzene rings is 1. The molecule has 32 heavy (non-hydrogen) atoms. The minimum absolute atomic E-state index is 0.0743. The summed E-state index contributed by atoms with van der Waals surface area (Å²) in [5.41, 5.74) is 0.537. The zero-order valence-corrected chi connectivity index (χ0v) is 19.4. The molecule has 0 atom stereocenters. The third-order valence-electron chi connectivity index (χ3n) is 4.91. The van der Waals surface area contributed by atoms with Crippen molar-refractivity contribution in [2.24, 2.45) is 0 Å². The maximum Gasteiger partial charge on any atom is 0.255 e. The number of carbonyl (C=O) groups is 1. The van der Waals surface area contributed by atoms with E-state index in [1.165, 1.54) is 18.2 Å². The van der Waals surface area contributed by atoms with Gasteiger partial charge in [-0.05, 0) is 12.1 Å². The summed E-state index contributed by atoms with van der Waals surface area (Å²) < 4.78 is 21.2. The van der Waals surface area contributed by atoms with Crippen LogP contribution in [-0.4, -0.2) is 63.8 Å². The molecule has 3 aromatic rings. The maximum absolute atomic E-state index is 14.0. The highest BCUT2D eigenvalue weighted by Crippen LogP contribution is 2.29. The van der Waals surface area contributed by atoms with Crippen LogP contribution in [-0.2, 0) is 11.3 Å². The molecule has 0 spiro atoms. The summed E-state index contributed by atoms with van der Waals surface area (Å²) in [5.74, 6) is -0.378. The Labute approximate surface area is 194 Å². The highest BCUT2D eigenvalue weighted by Gasteiger charge is 2.21. The van der Waals surface area contributed by atoms with Crippen LogP contribution in [0, 0.1) is 5.82 Å². The zero-order valence-electron chi connectivity index (χ0n) is 17.8. The Morgan fingerprint density at radius 2 is 2.09 bits per heavy atom. The quantitative estimate of drug-likeness (QED) is 0.411. The topological polar surface area (TPSA) is 85.2 Å². The average Bonchev–Trinajstić information content (AvgIpc) is 3.16. The Bertz CT molecular complexity index is 1100. The molecule has 0 unspecified atom stereocenters. The number of nitrogens with one attached hydrogen (secondary N) is 1. The summed E-state index contributed by atoms with van der Waals surface area (Å²) >= 11 is 7.57. The molecule has 1 aliphatic rings. The van der Waals surface area contributed by atoms with Gasteiger partial charge in [0.2, 0.25) is 0 Å². The van der Waals surface area contributed by atoms with E-state index in [4.69, 9.17) is 26.3 Å². The van der Waals surface area contributed by atoms with Crippen LogP contribution < -0.4 is 10.2 Å². The summed E-state index contributed by atoms with van der Waals surface area (Å²) in [6.45, 7) is 7.59. The van der Waals surface area contributed by atoms with Gasteiger partial charge < -0.3 is 15.0 Å². The van der Waals surface area contributed by atoms with E-state index < -0.39 is 11.7 Å². The van der Waals surface area contributed by atoms with Crippen molar-refractivity contribution < 1.29 is 13.9 Å². The van der Waals surface area contributed by atoms with Crippen molar-refractivity contribution in [3.8, 4) is 0 Å². The number of nitrogens with zero attached hydrogens (tertiary/aromatic N) is 5. The van der Waals surface area contributed by atoms with Gasteiger partial charge in [0.05, 0.1) is 41.9 Å². The third kappa shape index (κ3) is 4.97. The molecule has 0 radical (unpaired) electrons. The van der Waals surface area contributed by atoms with Crippen molar-refractivity contribution in [1.29, 1.82) is 0 Å². The molecule has 3 heterocycles. The summed E-state index contributed by atoms with van der Waals surface area (Å²) in [5, 5.41) is 9.11. The van der Waals surface area contributed by atoms with Gasteiger partial charge in [0, 0.05) is 24.9 Å². The normalized spacial score (nSPS) is 14.3. The van der Waals surface area contributed by atoms with Crippen molar-refractivity contribution in [2.45, 2.75) is 30.8 Å². The van der Waals surface area contributed by atoms with Crippen molar-refractivity contribution >= 4 is 46.1 Å². The lowest BCUT2D eigenvalue weighted by Crippen LogP contribution is -2.37. The molecule has 11 heteroatoms. The Hall–Kier alpha value is -2.43. The lowest BCUT2D eigenvalue weighted by Gasteiger charge is -2.28. The van der Waals surface area contributed by atoms with Gasteiger partial charge in [-0.3, -0.25) is 4.79 Å². The van der Waals surface area contributed by atoms with Crippen molar-refractivity contribution in [2.75, 3.05) is 37.7 Å². The van der Waals surface area contributed by atoms with Gasteiger partial charge in [-0.2, -0.15) is 5.10 Å². The van der Waals surface area contributed by atoms with Crippen LogP contribution in [0.4, 0.5) is 10.2 Å². The van der Waals surface area contributed by atoms with Crippen LogP contribution >= 0.6 is 23.4 Å². The molecule has 1 amide bonds. The van der Waals surface area contributed by atoms with Crippen LogP contribution in [0.3, 0.4) is 0 Å². The predicted octanol–water partition coefficient (Wildman–Crippen LogP) is 3.39. The molecule has 8 nitrogen and oxygen atoms in total. The van der Waals surface area contributed by atoms with E-state index in [2.05, 4.69) is 29.2 Å². The molecule has 1 N–H and O–H groups in total. The number of thioether (sulfide) groups is 1. The second-order valence-corrected chi connectivity index (χ2v) is 9.50. The van der Waals surface area contributed by atoms with Gasteiger partial charge in [-0.15, -0.1) is 0 Å². The number of carbonyl (C=O) groups excluding carboxylic acids is 1. The average molecular weight is 479 g/mol. The molecule has 170 valence electrons. The Kier molecular flexibility index (Phi) is 7.12. The summed E-state index contributed by atoms with van der Waals surface area (Å²) in [7, 11) is 0. The highest BCUT2D eigenvalue weighted by atomic mass is 35.5. The Balaban J connectivity index is 1.55. The minimum Gasteiger partial charge on any atom is -0.378 e. The molecule has 0 bridgehead atoms. The lowest BCUT2D eigenvalue weighted by molar-refractivity contribution is 0.0948. The molecular formula is C21H24ClFN6O2S. The fourth-order valence-corrected chi connectivity index (χ4v) is 4.39. The molecule has 2 aromatic heterocycles. The van der Waals surface area contributed by atoms with Gasteiger partial charge in [0.1, 0.15) is 11.6 Å². The van der Waals surface area contributed by atoms with Gasteiger partial charge in [-0.1, -0.05) is 43.3 Å². The number of hydrogen-bond donors (Lipinski definition) is 1. The monoisotopic (exact) mass is 478 g/mol. The van der Waals surface area contributed by atoms with E-state index >= 15 is 0 Å². The van der Waals surface area contributed by atoms with E-state index in [-0.39, 0.29) is 17.1 Å². The zero-order chi connectivity index (χ0) is 22.7. The number of rotatable bonds is 7. The molecule has 1 fully saturated rings. The first kappa shape index (κ1) is 22.8. The van der Waals surface area contributed by atoms with Crippen LogP contribution in [0.15, 0.2) is 29.6 Å². The second-order valence-electron chi connectivity index (χ2n) is 7.55. The van der Waals surface area contributed by atoms with Crippen molar-refractivity contribution in [3.63, 3.8) is 0 Å². The van der Waals surface area contributed by atoms with Crippen LogP contribution in [0.25, 0.3) is 11.0 Å². The minimum atomic E-state index is -0.655. The number of hydrogen-bond acceptors (Lipinski definition) is 7. The molecule has 0 aliphatic carbocycles. The van der Waals surface area contributed by atoms with Gasteiger partial charge in [0.15, 0.2) is 10.8 Å². The Morgan fingerprint density at radius 1 is 1.31 bits per heavy atom. The SMILES string of the molecule is CC(C)Sc1nc(N2CCOCC2)c2cnn(CCNC(=O)c3c(F)cccc3Cl)c2n1. The lowest BCUT2D eigenvalue weighted by atomic mass is 10.2. The number of morpholine rings is 1. The summed E-state index contributed by atoms with van der Waals surface area (Å²) in [4.78, 5) is 24.1. The van der Waals surface area contributed by atoms with E-state index in [1.807, 2.05) is 0 Å². The predicted molar refractivity (Wildman–Crippen MR) is 123 cm³/mol. The van der Waals surface area contributed by atoms with Crippen molar-refractivity contribution in [3.05, 3.63) is 40.8 Å². The van der Waals surface area contributed by atoms with Crippen LogP contribution in [0.2, 0.25) is 5.02 Å². The number of fused-ring (bicyclic) bond motifs is 1. The molecule has 1 aliphatic heterocycles. The number of amides is 1. The van der Waals surface area contributed by atoms with Gasteiger partial charge in [0.25, 0.3) is 5.91 Å². The fraction of sp³-hybridized carbons (Fsp3) is 0.429. The second kappa shape index (κ2) is 10.0. The molecule has 1 aromatic carbocycles. The van der Waals surface area contributed by atoms with Crippen LogP contribution in [0.5, 0.6) is 0 Å².